The summed E-state index contributed by atoms with van der Waals surface area (Å²) in [5, 5.41) is 7.96. The van der Waals surface area contributed by atoms with Crippen LogP contribution in [-0.2, 0) is 25.4 Å². The van der Waals surface area contributed by atoms with Crippen LogP contribution in [0, 0.1) is 0 Å². The van der Waals surface area contributed by atoms with Crippen molar-refractivity contribution in [2.24, 2.45) is 14.1 Å². The van der Waals surface area contributed by atoms with Crippen LogP contribution in [0.15, 0.2) is 79.3 Å². The molecule has 0 aliphatic heterocycles. The molecule has 0 aliphatic rings. The number of hydrogen-bond donors (Lipinski definition) is 1. The molecule has 27 heavy (non-hydrogen) atoms. The van der Waals surface area contributed by atoms with Crippen LogP contribution < -0.4 is 5.32 Å². The Labute approximate surface area is 158 Å². The van der Waals surface area contributed by atoms with E-state index >= 15 is 0 Å². The van der Waals surface area contributed by atoms with E-state index in [0.29, 0.717) is 0 Å². The number of benzene rings is 2. The molecule has 1 amide bonds. The minimum absolute atomic E-state index is 0.277. The van der Waals surface area contributed by atoms with Crippen LogP contribution in [0.4, 0.5) is 10.5 Å². The van der Waals surface area contributed by atoms with Gasteiger partial charge in [0.25, 0.3) is 0 Å². The van der Waals surface area contributed by atoms with Gasteiger partial charge in [-0.1, -0.05) is 48.5 Å². The second-order valence-electron chi connectivity index (χ2n) is 6.08. The Hall–Kier alpha value is -3.54. The van der Waals surface area contributed by atoms with Crippen LogP contribution in [0.2, 0.25) is 0 Å². The van der Waals surface area contributed by atoms with E-state index in [1.165, 1.54) is 10.9 Å². The lowest BCUT2D eigenvalue weighted by Gasteiger charge is -2.05. The van der Waals surface area contributed by atoms with Gasteiger partial charge >= 0.3 is 6.09 Å². The van der Waals surface area contributed by atoms with Crippen molar-refractivity contribution >= 4 is 22.7 Å². The van der Waals surface area contributed by atoms with Crippen LogP contribution >= 0.6 is 0 Å². The zero-order valence-corrected chi connectivity index (χ0v) is 15.4. The number of hydrogen-bond acceptors (Lipinski definition) is 3. The lowest BCUT2D eigenvalue weighted by Crippen LogP contribution is -2.13. The third-order valence-electron chi connectivity index (χ3n) is 3.95. The molecule has 6 heteroatoms. The van der Waals surface area contributed by atoms with Gasteiger partial charge in [0.2, 0.25) is 0 Å². The number of rotatable bonds is 3. The number of carbonyl (C=O) groups is 1. The van der Waals surface area contributed by atoms with Crippen LogP contribution in [0.5, 0.6) is 0 Å². The molecule has 1 N–H and O–H groups in total. The number of nitrogens with one attached hydrogen (secondary N) is 1. The smallest absolute Gasteiger partial charge is 0.412 e. The first-order valence-electron chi connectivity index (χ1n) is 8.58. The number of amides is 1. The van der Waals surface area contributed by atoms with Gasteiger partial charge in [0.15, 0.2) is 0 Å². The molecular formula is C21H22N4O2. The van der Waals surface area contributed by atoms with Crippen molar-refractivity contribution in [1.29, 1.82) is 0 Å². The van der Waals surface area contributed by atoms with Crippen LogP contribution in [0.25, 0.3) is 10.9 Å². The summed E-state index contributed by atoms with van der Waals surface area (Å²) in [5.74, 6) is 0. The standard InChI is InChI=1S/C13H14N2O2.C8H8N2/c1-15-8-7-12(9-15)14-13(16)17-10-11-5-3-2-4-6-11;1-10-8-5-3-2-4-7(8)6-9-10/h2-9H,10H2,1H3,(H,14,16);2-6H,1H3. The van der Waals surface area contributed by atoms with Crippen LogP contribution in [-0.4, -0.2) is 20.4 Å². The molecule has 2 heterocycles. The van der Waals surface area contributed by atoms with E-state index in [9.17, 15) is 4.79 Å². The van der Waals surface area contributed by atoms with Crippen molar-refractivity contribution in [3.63, 3.8) is 0 Å². The normalized spacial score (nSPS) is 10.1. The Kier molecular flexibility index (Phi) is 5.89. The fourth-order valence-corrected chi connectivity index (χ4v) is 2.56. The van der Waals surface area contributed by atoms with Crippen LogP contribution in [0.1, 0.15) is 5.56 Å². The van der Waals surface area contributed by atoms with Crippen LogP contribution in [0.3, 0.4) is 0 Å². The number of fused-ring (bicyclic) bond motifs is 1. The molecule has 138 valence electrons. The number of anilines is 1. The summed E-state index contributed by atoms with van der Waals surface area (Å²) < 4.78 is 8.81. The SMILES string of the molecule is Cn1ccc(NC(=O)OCc2ccccc2)c1.Cn1ncc2ccccc21. The summed E-state index contributed by atoms with van der Waals surface area (Å²) >= 11 is 0. The Morgan fingerprint density at radius 1 is 1.04 bits per heavy atom. The van der Waals surface area contributed by atoms with Gasteiger partial charge in [-0.3, -0.25) is 10.00 Å². The minimum atomic E-state index is -0.444. The number of carbonyl (C=O) groups excluding carboxylic acids is 1. The fraction of sp³-hybridized carbons (Fsp3) is 0.143. The molecule has 0 spiro atoms. The van der Waals surface area contributed by atoms with Crippen molar-refractivity contribution in [2.75, 3.05) is 5.32 Å². The van der Waals surface area contributed by atoms with E-state index in [2.05, 4.69) is 22.5 Å². The van der Waals surface area contributed by atoms with Crippen molar-refractivity contribution in [3.05, 3.63) is 84.8 Å². The van der Waals surface area contributed by atoms with Gasteiger partial charge in [-0.05, 0) is 17.7 Å². The van der Waals surface area contributed by atoms with Crippen molar-refractivity contribution < 1.29 is 9.53 Å². The van der Waals surface area contributed by atoms with E-state index in [0.717, 1.165) is 11.3 Å². The topological polar surface area (TPSA) is 61.1 Å². The number of aromatic nitrogens is 3. The lowest BCUT2D eigenvalue weighted by atomic mass is 10.2. The summed E-state index contributed by atoms with van der Waals surface area (Å²) in [4.78, 5) is 11.5. The second-order valence-corrected chi connectivity index (χ2v) is 6.08. The molecule has 4 aromatic rings. The maximum atomic E-state index is 11.5. The Morgan fingerprint density at radius 2 is 1.78 bits per heavy atom. The predicted molar refractivity (Wildman–Crippen MR) is 106 cm³/mol. The van der Waals surface area contributed by atoms with E-state index < -0.39 is 6.09 Å². The third-order valence-corrected chi connectivity index (χ3v) is 3.95. The highest BCUT2D eigenvalue weighted by molar-refractivity contribution is 5.84. The first kappa shape index (κ1) is 18.3. The monoisotopic (exact) mass is 362 g/mol. The first-order valence-corrected chi connectivity index (χ1v) is 8.58. The minimum Gasteiger partial charge on any atom is -0.444 e. The zero-order chi connectivity index (χ0) is 19.1. The van der Waals surface area contributed by atoms with Gasteiger partial charge in [0.1, 0.15) is 6.61 Å². The summed E-state index contributed by atoms with van der Waals surface area (Å²) in [6, 6.07) is 19.5. The summed E-state index contributed by atoms with van der Waals surface area (Å²) in [6.07, 6.45) is 5.09. The Bertz CT molecular complexity index is 1010. The van der Waals surface area contributed by atoms with Gasteiger partial charge in [0.05, 0.1) is 17.4 Å². The van der Waals surface area contributed by atoms with Gasteiger partial charge in [-0.15, -0.1) is 0 Å². The highest BCUT2D eigenvalue weighted by atomic mass is 16.5. The average molecular weight is 362 g/mol. The molecule has 0 aliphatic carbocycles. The van der Waals surface area contributed by atoms with E-state index in [1.807, 2.05) is 90.5 Å². The zero-order valence-electron chi connectivity index (χ0n) is 15.4. The molecular weight excluding hydrogens is 340 g/mol. The van der Waals surface area contributed by atoms with Gasteiger partial charge < -0.3 is 9.30 Å². The van der Waals surface area contributed by atoms with Gasteiger partial charge in [-0.2, -0.15) is 5.10 Å². The second kappa shape index (κ2) is 8.71. The molecule has 0 radical (unpaired) electrons. The first-order chi connectivity index (χ1) is 13.1. The van der Waals surface area contributed by atoms with Crippen molar-refractivity contribution in [2.45, 2.75) is 6.61 Å². The highest BCUT2D eigenvalue weighted by Crippen LogP contribution is 2.10. The number of para-hydroxylation sites is 1. The highest BCUT2D eigenvalue weighted by Gasteiger charge is 2.04. The van der Waals surface area contributed by atoms with E-state index in [-0.39, 0.29) is 6.61 Å². The molecule has 0 unspecified atom stereocenters. The summed E-state index contributed by atoms with van der Waals surface area (Å²) in [5.41, 5.74) is 2.88. The number of ether oxygens (including phenoxy) is 1. The third kappa shape index (κ3) is 5.22. The molecule has 6 nitrogen and oxygen atoms in total. The quantitative estimate of drug-likeness (QED) is 0.589. The summed E-state index contributed by atoms with van der Waals surface area (Å²) in [6.45, 7) is 0.277. The summed E-state index contributed by atoms with van der Waals surface area (Å²) in [7, 11) is 3.84. The molecule has 0 atom stereocenters. The largest absolute Gasteiger partial charge is 0.444 e. The Balaban J connectivity index is 0.000000177. The Morgan fingerprint density at radius 3 is 2.48 bits per heavy atom. The van der Waals surface area contributed by atoms with Crippen molar-refractivity contribution in [1.82, 2.24) is 14.3 Å². The number of nitrogens with zero attached hydrogens (tertiary/aromatic N) is 3. The molecule has 0 fully saturated rings. The number of aryl methyl sites for hydroxylation is 2. The molecule has 2 aromatic heterocycles. The fourth-order valence-electron chi connectivity index (χ4n) is 2.56. The predicted octanol–water partition coefficient (Wildman–Crippen LogP) is 4.35. The lowest BCUT2D eigenvalue weighted by molar-refractivity contribution is 0.155. The molecule has 4 rings (SSSR count). The maximum absolute atomic E-state index is 11.5. The molecule has 2 aromatic carbocycles. The van der Waals surface area contributed by atoms with Gasteiger partial charge in [0, 0.05) is 31.9 Å². The van der Waals surface area contributed by atoms with E-state index in [4.69, 9.17) is 4.74 Å². The molecule has 0 bridgehead atoms. The molecule has 0 saturated heterocycles. The van der Waals surface area contributed by atoms with Crippen molar-refractivity contribution in [3.8, 4) is 0 Å². The maximum Gasteiger partial charge on any atom is 0.412 e. The van der Waals surface area contributed by atoms with Gasteiger partial charge in [-0.25, -0.2) is 4.79 Å². The molecule has 0 saturated carbocycles. The van der Waals surface area contributed by atoms with E-state index in [1.54, 1.807) is 0 Å². The average Bonchev–Trinajstić information content (AvgIpc) is 3.27.